The summed E-state index contributed by atoms with van der Waals surface area (Å²) in [7, 11) is 0. The number of carbonyl (C=O) groups is 1. The van der Waals surface area contributed by atoms with Gasteiger partial charge in [0.2, 0.25) is 5.91 Å². The molecule has 134 valence electrons. The molecular weight excluding hydrogens is 324 g/mol. The number of nitrogens with zero attached hydrogens (tertiary/aromatic N) is 1. The number of ether oxygens (including phenoxy) is 1. The number of rotatable bonds is 3. The number of carbonyl (C=O) groups excluding carboxylic acids is 1. The Hall–Kier alpha value is -1.10. The Morgan fingerprint density at radius 2 is 2.00 bits per heavy atom. The Balaban J connectivity index is 0.00000208. The van der Waals surface area contributed by atoms with Crippen molar-refractivity contribution in [3.8, 4) is 0 Å². The third kappa shape index (κ3) is 4.29. The molecule has 0 radical (unpaired) electrons. The molecule has 0 spiro atoms. The van der Waals surface area contributed by atoms with Gasteiger partial charge in [-0.15, -0.1) is 12.4 Å². The SMILES string of the molecule is CC(N)C1CCCN(C(=O)C2CCCOC2c2ccccc2)C1.Cl. The molecule has 2 heterocycles. The first-order valence-corrected chi connectivity index (χ1v) is 8.87. The van der Waals surface area contributed by atoms with Crippen molar-refractivity contribution < 1.29 is 9.53 Å². The molecule has 4 unspecified atom stereocenters. The molecule has 2 fully saturated rings. The summed E-state index contributed by atoms with van der Waals surface area (Å²) < 4.78 is 5.99. The van der Waals surface area contributed by atoms with Crippen molar-refractivity contribution in [1.82, 2.24) is 4.90 Å². The lowest BCUT2D eigenvalue weighted by Gasteiger charge is -2.39. The normalized spacial score (nSPS) is 28.8. The summed E-state index contributed by atoms with van der Waals surface area (Å²) in [6, 6.07) is 10.3. The minimum atomic E-state index is -0.104. The van der Waals surface area contributed by atoms with E-state index in [2.05, 4.69) is 19.1 Å². The van der Waals surface area contributed by atoms with Crippen molar-refractivity contribution in [2.75, 3.05) is 19.7 Å². The van der Waals surface area contributed by atoms with Crippen LogP contribution in [0.25, 0.3) is 0 Å². The highest BCUT2D eigenvalue weighted by atomic mass is 35.5. The van der Waals surface area contributed by atoms with Crippen LogP contribution in [0.1, 0.15) is 44.3 Å². The van der Waals surface area contributed by atoms with Gasteiger partial charge in [-0.1, -0.05) is 30.3 Å². The van der Waals surface area contributed by atoms with Gasteiger partial charge in [0.05, 0.1) is 12.0 Å². The molecule has 0 aromatic heterocycles. The Kier molecular flexibility index (Phi) is 7.08. The second kappa shape index (κ2) is 8.84. The van der Waals surface area contributed by atoms with Crippen LogP contribution in [0.5, 0.6) is 0 Å². The van der Waals surface area contributed by atoms with Crippen molar-refractivity contribution in [2.45, 2.75) is 44.8 Å². The van der Waals surface area contributed by atoms with Crippen LogP contribution >= 0.6 is 12.4 Å². The lowest BCUT2D eigenvalue weighted by Crippen LogP contribution is -2.48. The minimum absolute atomic E-state index is 0. The van der Waals surface area contributed by atoms with Crippen LogP contribution in [0.3, 0.4) is 0 Å². The average molecular weight is 353 g/mol. The predicted octanol–water partition coefficient (Wildman–Crippen LogP) is 3.16. The van der Waals surface area contributed by atoms with Gasteiger partial charge in [0.1, 0.15) is 0 Å². The molecule has 0 aliphatic carbocycles. The molecule has 2 saturated heterocycles. The Bertz CT molecular complexity index is 523. The van der Waals surface area contributed by atoms with Gasteiger partial charge in [-0.25, -0.2) is 0 Å². The molecule has 2 aliphatic heterocycles. The van der Waals surface area contributed by atoms with Crippen LogP contribution < -0.4 is 5.73 Å². The number of nitrogens with two attached hydrogens (primary N) is 1. The Morgan fingerprint density at radius 3 is 2.71 bits per heavy atom. The predicted molar refractivity (Wildman–Crippen MR) is 98.1 cm³/mol. The molecule has 0 saturated carbocycles. The van der Waals surface area contributed by atoms with Crippen molar-refractivity contribution >= 4 is 18.3 Å². The summed E-state index contributed by atoms with van der Waals surface area (Å²) >= 11 is 0. The molecule has 2 aliphatic rings. The lowest BCUT2D eigenvalue weighted by atomic mass is 9.86. The second-order valence-electron chi connectivity index (χ2n) is 7.00. The summed E-state index contributed by atoms with van der Waals surface area (Å²) in [5, 5.41) is 0. The van der Waals surface area contributed by atoms with Crippen LogP contribution in [0.15, 0.2) is 30.3 Å². The topological polar surface area (TPSA) is 55.6 Å². The number of likely N-dealkylation sites (tertiary alicyclic amines) is 1. The fraction of sp³-hybridized carbons (Fsp3) is 0.632. The monoisotopic (exact) mass is 352 g/mol. The number of hydrogen-bond donors (Lipinski definition) is 1. The van der Waals surface area contributed by atoms with Gasteiger partial charge in [-0.05, 0) is 44.1 Å². The summed E-state index contributed by atoms with van der Waals surface area (Å²) in [4.78, 5) is 15.1. The first-order chi connectivity index (χ1) is 11.2. The van der Waals surface area contributed by atoms with E-state index in [1.807, 2.05) is 23.1 Å². The quantitative estimate of drug-likeness (QED) is 0.909. The third-order valence-electron chi connectivity index (χ3n) is 5.28. The zero-order valence-electron chi connectivity index (χ0n) is 14.4. The fourth-order valence-corrected chi connectivity index (χ4v) is 3.88. The van der Waals surface area contributed by atoms with E-state index in [0.717, 1.165) is 50.9 Å². The summed E-state index contributed by atoms with van der Waals surface area (Å²) in [6.45, 7) is 4.45. The van der Waals surface area contributed by atoms with Gasteiger partial charge in [-0.2, -0.15) is 0 Å². The van der Waals surface area contributed by atoms with Gasteiger partial charge in [0.15, 0.2) is 0 Å². The van der Waals surface area contributed by atoms with Crippen LogP contribution in [0, 0.1) is 11.8 Å². The van der Waals surface area contributed by atoms with E-state index in [1.54, 1.807) is 0 Å². The molecule has 4 nitrogen and oxygen atoms in total. The first kappa shape index (κ1) is 19.2. The van der Waals surface area contributed by atoms with Gasteiger partial charge >= 0.3 is 0 Å². The molecule has 1 amide bonds. The number of hydrogen-bond acceptors (Lipinski definition) is 3. The van der Waals surface area contributed by atoms with E-state index in [9.17, 15) is 4.79 Å². The molecular formula is C19H29ClN2O2. The van der Waals surface area contributed by atoms with Crippen LogP contribution in [0.4, 0.5) is 0 Å². The molecule has 4 atom stereocenters. The molecule has 2 N–H and O–H groups in total. The van der Waals surface area contributed by atoms with Crippen LogP contribution in [-0.2, 0) is 9.53 Å². The van der Waals surface area contributed by atoms with E-state index in [4.69, 9.17) is 10.5 Å². The molecule has 1 aromatic rings. The van der Waals surface area contributed by atoms with Crippen molar-refractivity contribution in [1.29, 1.82) is 0 Å². The highest BCUT2D eigenvalue weighted by Crippen LogP contribution is 2.35. The largest absolute Gasteiger partial charge is 0.373 e. The lowest BCUT2D eigenvalue weighted by molar-refractivity contribution is -0.147. The Morgan fingerprint density at radius 1 is 1.25 bits per heavy atom. The van der Waals surface area contributed by atoms with E-state index < -0.39 is 0 Å². The van der Waals surface area contributed by atoms with E-state index in [1.165, 1.54) is 0 Å². The highest BCUT2D eigenvalue weighted by Gasteiger charge is 2.37. The van der Waals surface area contributed by atoms with E-state index in [0.29, 0.717) is 5.92 Å². The first-order valence-electron chi connectivity index (χ1n) is 8.87. The maximum absolute atomic E-state index is 13.1. The molecule has 1 aromatic carbocycles. The number of benzene rings is 1. The third-order valence-corrected chi connectivity index (χ3v) is 5.28. The van der Waals surface area contributed by atoms with Gasteiger partial charge in [0.25, 0.3) is 0 Å². The fourth-order valence-electron chi connectivity index (χ4n) is 3.88. The average Bonchev–Trinajstić information content (AvgIpc) is 2.62. The second-order valence-corrected chi connectivity index (χ2v) is 7.00. The van der Waals surface area contributed by atoms with Crippen molar-refractivity contribution in [2.24, 2.45) is 17.6 Å². The zero-order valence-corrected chi connectivity index (χ0v) is 15.2. The zero-order chi connectivity index (χ0) is 16.2. The van der Waals surface area contributed by atoms with Crippen molar-refractivity contribution in [3.63, 3.8) is 0 Å². The number of amides is 1. The van der Waals surface area contributed by atoms with E-state index >= 15 is 0 Å². The standard InChI is InChI=1S/C19H28N2O2.ClH/c1-14(20)16-9-5-11-21(13-16)19(22)17-10-6-12-23-18(17)15-7-3-2-4-8-15;/h2-4,7-8,14,16-18H,5-6,9-13,20H2,1H3;1H. The molecule has 24 heavy (non-hydrogen) atoms. The number of halogens is 1. The summed E-state index contributed by atoms with van der Waals surface area (Å²) in [5.74, 6) is 0.620. The van der Waals surface area contributed by atoms with Gasteiger partial charge in [-0.3, -0.25) is 4.79 Å². The smallest absolute Gasteiger partial charge is 0.228 e. The van der Waals surface area contributed by atoms with Crippen LogP contribution in [-0.4, -0.2) is 36.5 Å². The van der Waals surface area contributed by atoms with Gasteiger partial charge in [0, 0.05) is 25.7 Å². The summed E-state index contributed by atoms with van der Waals surface area (Å²) in [6.07, 6.45) is 3.96. The van der Waals surface area contributed by atoms with Gasteiger partial charge < -0.3 is 15.4 Å². The number of piperidine rings is 1. The van der Waals surface area contributed by atoms with Crippen LogP contribution in [0.2, 0.25) is 0 Å². The van der Waals surface area contributed by atoms with Crippen molar-refractivity contribution in [3.05, 3.63) is 35.9 Å². The molecule has 3 rings (SSSR count). The molecule has 0 bridgehead atoms. The maximum Gasteiger partial charge on any atom is 0.228 e. The minimum Gasteiger partial charge on any atom is -0.373 e. The summed E-state index contributed by atoms with van der Waals surface area (Å²) in [5.41, 5.74) is 7.18. The molecule has 5 heteroatoms. The van der Waals surface area contributed by atoms with E-state index in [-0.39, 0.29) is 36.4 Å². The Labute approximate surface area is 151 Å². The highest BCUT2D eigenvalue weighted by molar-refractivity contribution is 5.85. The maximum atomic E-state index is 13.1.